The summed E-state index contributed by atoms with van der Waals surface area (Å²) in [5.41, 5.74) is 11.4. The largest absolute Gasteiger partial charge is 0.454 e. The van der Waals surface area contributed by atoms with Gasteiger partial charge in [0.15, 0.2) is 11.5 Å². The Bertz CT molecular complexity index is 825. The summed E-state index contributed by atoms with van der Waals surface area (Å²) in [5, 5.41) is 8.75. The van der Waals surface area contributed by atoms with Gasteiger partial charge in [-0.05, 0) is 36.8 Å². The molecule has 0 atom stereocenters. The molecule has 2 aliphatic heterocycles. The van der Waals surface area contributed by atoms with Gasteiger partial charge in [-0.25, -0.2) is 0 Å². The summed E-state index contributed by atoms with van der Waals surface area (Å²) < 4.78 is 11.0. The lowest BCUT2D eigenvalue weighted by atomic mass is 9.94. The summed E-state index contributed by atoms with van der Waals surface area (Å²) in [7, 11) is 0. The molecule has 0 spiro atoms. The Labute approximate surface area is 128 Å². The first-order valence-electron chi connectivity index (χ1n) is 7.10. The highest BCUT2D eigenvalue weighted by Crippen LogP contribution is 2.36. The highest BCUT2D eigenvalue weighted by molar-refractivity contribution is 6.15. The SMILES string of the molecule is CC1=NN=C(c2cccc(N)c2)c2cc3c(cc2C1)OCO3. The smallest absolute Gasteiger partial charge is 0.231 e. The molecule has 0 saturated carbocycles. The van der Waals surface area contributed by atoms with Gasteiger partial charge in [-0.15, -0.1) is 5.10 Å². The van der Waals surface area contributed by atoms with Crippen LogP contribution in [0, 0.1) is 0 Å². The normalized spacial score (nSPS) is 15.7. The van der Waals surface area contributed by atoms with Gasteiger partial charge in [-0.3, -0.25) is 0 Å². The third kappa shape index (κ3) is 2.11. The third-order valence-electron chi connectivity index (χ3n) is 3.78. The molecule has 22 heavy (non-hydrogen) atoms. The van der Waals surface area contributed by atoms with E-state index in [0.29, 0.717) is 5.69 Å². The summed E-state index contributed by atoms with van der Waals surface area (Å²) in [5.74, 6) is 1.52. The highest BCUT2D eigenvalue weighted by atomic mass is 16.7. The van der Waals surface area contributed by atoms with E-state index in [1.807, 2.05) is 43.3 Å². The zero-order chi connectivity index (χ0) is 15.1. The van der Waals surface area contributed by atoms with Crippen LogP contribution in [0.4, 0.5) is 5.69 Å². The molecule has 2 heterocycles. The van der Waals surface area contributed by atoms with Crippen LogP contribution in [0.15, 0.2) is 46.6 Å². The summed E-state index contributed by atoms with van der Waals surface area (Å²) in [4.78, 5) is 0. The standard InChI is InChI=1S/C17H15N3O2/c1-10-5-12-7-15-16(22-9-21-15)8-14(12)17(20-19-10)11-3-2-4-13(18)6-11/h2-4,6-8H,5,9,18H2,1H3. The monoisotopic (exact) mass is 293 g/mol. The molecular weight excluding hydrogens is 278 g/mol. The van der Waals surface area contributed by atoms with Gasteiger partial charge in [0.2, 0.25) is 6.79 Å². The molecule has 2 aliphatic rings. The lowest BCUT2D eigenvalue weighted by molar-refractivity contribution is 0.174. The number of anilines is 1. The van der Waals surface area contributed by atoms with Crippen LogP contribution in [0.2, 0.25) is 0 Å². The Hall–Kier alpha value is -2.82. The van der Waals surface area contributed by atoms with E-state index in [-0.39, 0.29) is 6.79 Å². The van der Waals surface area contributed by atoms with Gasteiger partial charge in [0.1, 0.15) is 5.71 Å². The number of nitrogen functional groups attached to an aromatic ring is 1. The van der Waals surface area contributed by atoms with Gasteiger partial charge >= 0.3 is 0 Å². The first-order valence-corrected chi connectivity index (χ1v) is 7.10. The van der Waals surface area contributed by atoms with Crippen LogP contribution in [0.3, 0.4) is 0 Å². The molecule has 0 aliphatic carbocycles. The van der Waals surface area contributed by atoms with Gasteiger partial charge < -0.3 is 15.2 Å². The van der Waals surface area contributed by atoms with Crippen molar-refractivity contribution in [1.82, 2.24) is 0 Å². The minimum atomic E-state index is 0.260. The number of ether oxygens (including phenoxy) is 2. The first-order chi connectivity index (χ1) is 10.7. The van der Waals surface area contributed by atoms with Crippen molar-refractivity contribution in [3.8, 4) is 11.5 Å². The summed E-state index contributed by atoms with van der Waals surface area (Å²) in [6, 6.07) is 11.7. The molecular formula is C17H15N3O2. The Balaban J connectivity index is 1.92. The second-order valence-corrected chi connectivity index (χ2v) is 5.45. The van der Waals surface area contributed by atoms with E-state index in [1.54, 1.807) is 0 Å². The van der Waals surface area contributed by atoms with Crippen molar-refractivity contribution < 1.29 is 9.47 Å². The fourth-order valence-corrected chi connectivity index (χ4v) is 2.75. The summed E-state index contributed by atoms with van der Waals surface area (Å²) in [6.07, 6.45) is 0.737. The van der Waals surface area contributed by atoms with E-state index in [1.165, 1.54) is 0 Å². The minimum Gasteiger partial charge on any atom is -0.454 e. The molecule has 0 fully saturated rings. The molecule has 110 valence electrons. The molecule has 5 nitrogen and oxygen atoms in total. The maximum Gasteiger partial charge on any atom is 0.231 e. The highest BCUT2D eigenvalue weighted by Gasteiger charge is 2.22. The molecule has 0 unspecified atom stereocenters. The fraction of sp³-hybridized carbons (Fsp3) is 0.176. The molecule has 0 saturated heterocycles. The van der Waals surface area contributed by atoms with Crippen molar-refractivity contribution in [1.29, 1.82) is 0 Å². The van der Waals surface area contributed by atoms with Gasteiger partial charge in [0.05, 0.1) is 0 Å². The van der Waals surface area contributed by atoms with Crippen LogP contribution >= 0.6 is 0 Å². The molecule has 5 heteroatoms. The van der Waals surface area contributed by atoms with Crippen LogP contribution in [0.25, 0.3) is 0 Å². The fourth-order valence-electron chi connectivity index (χ4n) is 2.75. The van der Waals surface area contributed by atoms with Crippen LogP contribution in [-0.4, -0.2) is 18.2 Å². The lowest BCUT2D eigenvalue weighted by Gasteiger charge is -2.11. The zero-order valence-corrected chi connectivity index (χ0v) is 12.2. The van der Waals surface area contributed by atoms with Crippen molar-refractivity contribution >= 4 is 17.1 Å². The average molecular weight is 293 g/mol. The quantitative estimate of drug-likeness (QED) is 0.822. The maximum atomic E-state index is 5.91. The van der Waals surface area contributed by atoms with Gasteiger partial charge in [0, 0.05) is 28.9 Å². The van der Waals surface area contributed by atoms with E-state index in [0.717, 1.165) is 46.0 Å². The lowest BCUT2D eigenvalue weighted by Crippen LogP contribution is -2.07. The predicted molar refractivity (Wildman–Crippen MR) is 85.9 cm³/mol. The van der Waals surface area contributed by atoms with Crippen LogP contribution in [-0.2, 0) is 6.42 Å². The van der Waals surface area contributed by atoms with Crippen molar-refractivity contribution in [2.75, 3.05) is 12.5 Å². The molecule has 0 amide bonds. The number of rotatable bonds is 1. The van der Waals surface area contributed by atoms with Crippen LogP contribution in [0.1, 0.15) is 23.6 Å². The van der Waals surface area contributed by atoms with E-state index in [9.17, 15) is 0 Å². The molecule has 4 rings (SSSR count). The van der Waals surface area contributed by atoms with Crippen molar-refractivity contribution in [3.05, 3.63) is 53.1 Å². The number of benzene rings is 2. The molecule has 0 aromatic heterocycles. The van der Waals surface area contributed by atoms with Crippen LogP contribution < -0.4 is 15.2 Å². The minimum absolute atomic E-state index is 0.260. The van der Waals surface area contributed by atoms with Crippen molar-refractivity contribution in [3.63, 3.8) is 0 Å². The Morgan fingerprint density at radius 3 is 2.68 bits per heavy atom. The number of nitrogens with zero attached hydrogens (tertiary/aromatic N) is 2. The number of nitrogens with two attached hydrogens (primary N) is 1. The summed E-state index contributed by atoms with van der Waals surface area (Å²) in [6.45, 7) is 2.23. The number of fused-ring (bicyclic) bond motifs is 2. The molecule has 2 aromatic carbocycles. The van der Waals surface area contributed by atoms with Crippen molar-refractivity contribution in [2.45, 2.75) is 13.3 Å². The predicted octanol–water partition coefficient (Wildman–Crippen LogP) is 2.77. The second kappa shape index (κ2) is 4.87. The Kier molecular flexibility index (Phi) is 2.85. The van der Waals surface area contributed by atoms with Crippen LogP contribution in [0.5, 0.6) is 11.5 Å². The van der Waals surface area contributed by atoms with E-state index in [4.69, 9.17) is 15.2 Å². The van der Waals surface area contributed by atoms with Gasteiger partial charge in [0.25, 0.3) is 0 Å². The topological polar surface area (TPSA) is 69.2 Å². The van der Waals surface area contributed by atoms with Gasteiger partial charge in [-0.1, -0.05) is 12.1 Å². The molecule has 0 bridgehead atoms. The molecule has 0 radical (unpaired) electrons. The zero-order valence-electron chi connectivity index (χ0n) is 12.2. The number of hydrogen-bond acceptors (Lipinski definition) is 5. The second-order valence-electron chi connectivity index (χ2n) is 5.45. The summed E-state index contributed by atoms with van der Waals surface area (Å²) >= 11 is 0. The molecule has 2 aromatic rings. The maximum absolute atomic E-state index is 5.91. The Morgan fingerprint density at radius 1 is 1.05 bits per heavy atom. The van der Waals surface area contributed by atoms with Crippen molar-refractivity contribution in [2.24, 2.45) is 10.2 Å². The first kappa shape index (κ1) is 12.9. The number of hydrogen-bond donors (Lipinski definition) is 1. The molecule has 2 N–H and O–H groups in total. The van der Waals surface area contributed by atoms with E-state index < -0.39 is 0 Å². The van der Waals surface area contributed by atoms with E-state index >= 15 is 0 Å². The Morgan fingerprint density at radius 2 is 1.86 bits per heavy atom. The third-order valence-corrected chi connectivity index (χ3v) is 3.78. The average Bonchev–Trinajstić information content (AvgIpc) is 2.88. The van der Waals surface area contributed by atoms with E-state index in [2.05, 4.69) is 10.2 Å². The van der Waals surface area contributed by atoms with Gasteiger partial charge in [-0.2, -0.15) is 5.10 Å².